The average Bonchev–Trinajstić information content (AvgIpc) is 2.53. The van der Waals surface area contributed by atoms with Gasteiger partial charge in [-0.2, -0.15) is 5.10 Å². The first-order valence-corrected chi connectivity index (χ1v) is 5.44. The van der Waals surface area contributed by atoms with Crippen molar-refractivity contribution in [3.05, 3.63) is 17.5 Å². The molecule has 1 rings (SSSR count). The second kappa shape index (κ2) is 5.07. The Hall–Kier alpha value is -1.43. The highest BCUT2D eigenvalue weighted by Crippen LogP contribution is 2.06. The van der Waals surface area contributed by atoms with E-state index >= 15 is 0 Å². The van der Waals surface area contributed by atoms with E-state index in [0.717, 1.165) is 5.69 Å². The van der Waals surface area contributed by atoms with Crippen LogP contribution in [-0.4, -0.2) is 38.7 Å². The molecule has 0 saturated carbocycles. The molecule has 0 fully saturated rings. The third-order valence-corrected chi connectivity index (χ3v) is 2.37. The Morgan fingerprint density at radius 2 is 2.31 bits per heavy atom. The predicted molar refractivity (Wildman–Crippen MR) is 66.3 cm³/mol. The summed E-state index contributed by atoms with van der Waals surface area (Å²) in [6.45, 7) is 4.61. The molecule has 0 saturated heterocycles. The number of amides is 1. The Bertz CT molecular complexity index is 413. The molecule has 1 aromatic heterocycles. The van der Waals surface area contributed by atoms with E-state index in [0.29, 0.717) is 23.8 Å². The molecule has 0 radical (unpaired) electrons. The first-order chi connectivity index (χ1) is 7.45. The van der Waals surface area contributed by atoms with Gasteiger partial charge >= 0.3 is 0 Å². The lowest BCUT2D eigenvalue weighted by molar-refractivity contribution is 0.0777. The van der Waals surface area contributed by atoms with Crippen molar-refractivity contribution in [2.75, 3.05) is 13.1 Å². The molecular weight excluding hydrogens is 224 g/mol. The summed E-state index contributed by atoms with van der Waals surface area (Å²) in [6.07, 6.45) is 0. The first kappa shape index (κ1) is 12.6. The summed E-state index contributed by atoms with van der Waals surface area (Å²) >= 11 is 4.81. The van der Waals surface area contributed by atoms with Gasteiger partial charge in [-0.15, -0.1) is 0 Å². The molecule has 2 N–H and O–H groups in total. The van der Waals surface area contributed by atoms with Gasteiger partial charge in [0.1, 0.15) is 5.69 Å². The molecule has 88 valence electrons. The molecule has 0 aromatic carbocycles. The highest BCUT2D eigenvalue weighted by molar-refractivity contribution is 7.80. The van der Waals surface area contributed by atoms with Crippen LogP contribution in [0.2, 0.25) is 0 Å². The van der Waals surface area contributed by atoms with Crippen molar-refractivity contribution in [2.24, 2.45) is 12.8 Å². The number of nitrogens with two attached hydrogens (primary N) is 1. The minimum absolute atomic E-state index is 0.0987. The monoisotopic (exact) mass is 240 g/mol. The van der Waals surface area contributed by atoms with Gasteiger partial charge in [-0.05, 0) is 19.9 Å². The molecule has 0 aliphatic carbocycles. The molecule has 5 nitrogen and oxygen atoms in total. The number of rotatable bonds is 4. The lowest BCUT2D eigenvalue weighted by atomic mass is 10.3. The van der Waals surface area contributed by atoms with Gasteiger partial charge in [-0.1, -0.05) is 12.2 Å². The number of likely N-dealkylation sites (N-methyl/N-ethyl adjacent to an activating group) is 1. The summed E-state index contributed by atoms with van der Waals surface area (Å²) in [4.78, 5) is 14.0. The number of carbonyl (C=O) groups excluding carboxylic acids is 1. The van der Waals surface area contributed by atoms with Crippen molar-refractivity contribution in [1.29, 1.82) is 0 Å². The topological polar surface area (TPSA) is 64.2 Å². The van der Waals surface area contributed by atoms with E-state index in [-0.39, 0.29) is 5.91 Å². The third kappa shape index (κ3) is 2.79. The molecule has 0 aliphatic heterocycles. The average molecular weight is 240 g/mol. The lowest BCUT2D eigenvalue weighted by Gasteiger charge is -2.19. The van der Waals surface area contributed by atoms with Crippen molar-refractivity contribution < 1.29 is 4.79 Å². The molecule has 6 heteroatoms. The Morgan fingerprint density at radius 1 is 1.69 bits per heavy atom. The van der Waals surface area contributed by atoms with Gasteiger partial charge in [0, 0.05) is 13.6 Å². The summed E-state index contributed by atoms with van der Waals surface area (Å²) in [5.41, 5.74) is 6.81. The molecule has 16 heavy (non-hydrogen) atoms. The van der Waals surface area contributed by atoms with Crippen LogP contribution in [0.15, 0.2) is 6.07 Å². The summed E-state index contributed by atoms with van der Waals surface area (Å²) in [5, 5.41) is 4.13. The minimum Gasteiger partial charge on any atom is -0.392 e. The maximum Gasteiger partial charge on any atom is 0.272 e. The zero-order valence-electron chi connectivity index (χ0n) is 9.73. The van der Waals surface area contributed by atoms with E-state index in [1.807, 2.05) is 13.8 Å². The van der Waals surface area contributed by atoms with Gasteiger partial charge in [-0.25, -0.2) is 0 Å². The first-order valence-electron chi connectivity index (χ1n) is 5.04. The maximum atomic E-state index is 12.1. The number of hydrogen-bond donors (Lipinski definition) is 1. The molecule has 0 spiro atoms. The Labute approximate surface area is 100 Å². The fourth-order valence-corrected chi connectivity index (χ4v) is 1.64. The second-order valence-corrected chi connectivity index (χ2v) is 4.10. The zero-order chi connectivity index (χ0) is 12.3. The quantitative estimate of drug-likeness (QED) is 0.777. The van der Waals surface area contributed by atoms with Crippen molar-refractivity contribution in [3.63, 3.8) is 0 Å². The lowest BCUT2D eigenvalue weighted by Crippen LogP contribution is -2.38. The molecule has 0 bridgehead atoms. The van der Waals surface area contributed by atoms with Gasteiger partial charge in [-0.3, -0.25) is 9.48 Å². The fourth-order valence-electron chi connectivity index (χ4n) is 1.49. The number of hydrogen-bond acceptors (Lipinski definition) is 3. The van der Waals surface area contributed by atoms with Crippen LogP contribution < -0.4 is 5.73 Å². The van der Waals surface area contributed by atoms with E-state index in [4.69, 9.17) is 18.0 Å². The zero-order valence-corrected chi connectivity index (χ0v) is 10.5. The Balaban J connectivity index is 2.91. The molecule has 1 aromatic rings. The van der Waals surface area contributed by atoms with E-state index in [2.05, 4.69) is 5.10 Å². The normalized spacial score (nSPS) is 10.2. The summed E-state index contributed by atoms with van der Waals surface area (Å²) in [5.74, 6) is -0.0987. The molecule has 0 aliphatic rings. The van der Waals surface area contributed by atoms with Crippen molar-refractivity contribution in [2.45, 2.75) is 13.8 Å². The highest BCUT2D eigenvalue weighted by atomic mass is 32.1. The SMILES string of the molecule is CCN(CC(N)=S)C(=O)c1cc(C)nn1C. The third-order valence-electron chi connectivity index (χ3n) is 2.24. The molecular formula is C10H16N4OS. The van der Waals surface area contributed by atoms with Gasteiger partial charge < -0.3 is 10.6 Å². The molecule has 0 unspecified atom stereocenters. The van der Waals surface area contributed by atoms with Gasteiger partial charge in [0.05, 0.1) is 17.2 Å². The number of nitrogens with zero attached hydrogens (tertiary/aromatic N) is 3. The van der Waals surface area contributed by atoms with Crippen LogP contribution in [0.3, 0.4) is 0 Å². The van der Waals surface area contributed by atoms with Crippen LogP contribution in [0.1, 0.15) is 23.1 Å². The molecule has 0 atom stereocenters. The smallest absolute Gasteiger partial charge is 0.272 e. The van der Waals surface area contributed by atoms with E-state index < -0.39 is 0 Å². The van der Waals surface area contributed by atoms with Crippen LogP contribution in [-0.2, 0) is 7.05 Å². The Kier molecular flexibility index (Phi) is 4.00. The summed E-state index contributed by atoms with van der Waals surface area (Å²) < 4.78 is 1.57. The molecule has 1 amide bonds. The second-order valence-electron chi connectivity index (χ2n) is 3.58. The van der Waals surface area contributed by atoms with Crippen LogP contribution in [0.4, 0.5) is 0 Å². The van der Waals surface area contributed by atoms with Crippen molar-refractivity contribution in [3.8, 4) is 0 Å². The van der Waals surface area contributed by atoms with Crippen LogP contribution >= 0.6 is 12.2 Å². The number of aromatic nitrogens is 2. The van der Waals surface area contributed by atoms with Gasteiger partial charge in [0.2, 0.25) is 0 Å². The van der Waals surface area contributed by atoms with Crippen LogP contribution in [0.5, 0.6) is 0 Å². The largest absolute Gasteiger partial charge is 0.392 e. The molecule has 1 heterocycles. The van der Waals surface area contributed by atoms with E-state index in [1.54, 1.807) is 22.7 Å². The number of thiocarbonyl (C=S) groups is 1. The summed E-state index contributed by atoms with van der Waals surface area (Å²) in [6, 6.07) is 1.75. The van der Waals surface area contributed by atoms with Gasteiger partial charge in [0.25, 0.3) is 5.91 Å². The predicted octanol–water partition coefficient (Wildman–Crippen LogP) is 0.477. The number of carbonyl (C=O) groups is 1. The van der Waals surface area contributed by atoms with Crippen molar-refractivity contribution in [1.82, 2.24) is 14.7 Å². The highest BCUT2D eigenvalue weighted by Gasteiger charge is 2.18. The minimum atomic E-state index is -0.0987. The van der Waals surface area contributed by atoms with E-state index in [1.165, 1.54) is 0 Å². The Morgan fingerprint density at radius 3 is 2.69 bits per heavy atom. The fraction of sp³-hybridized carbons (Fsp3) is 0.500. The maximum absolute atomic E-state index is 12.1. The van der Waals surface area contributed by atoms with Gasteiger partial charge in [0.15, 0.2) is 0 Å². The standard InChI is InChI=1S/C10H16N4OS/c1-4-14(6-9(11)16)10(15)8-5-7(2)12-13(8)3/h5H,4,6H2,1-3H3,(H2,11,16). The van der Waals surface area contributed by atoms with E-state index in [9.17, 15) is 4.79 Å². The number of aryl methyl sites for hydroxylation is 2. The summed E-state index contributed by atoms with van der Waals surface area (Å²) in [7, 11) is 1.74. The van der Waals surface area contributed by atoms with Crippen LogP contribution in [0, 0.1) is 6.92 Å². The van der Waals surface area contributed by atoms with Crippen LogP contribution in [0.25, 0.3) is 0 Å². The van der Waals surface area contributed by atoms with Crippen molar-refractivity contribution >= 4 is 23.1 Å².